The van der Waals surface area contributed by atoms with Gasteiger partial charge in [-0.3, -0.25) is 4.79 Å². The monoisotopic (exact) mass is 138 g/mol. The van der Waals surface area contributed by atoms with Crippen molar-refractivity contribution in [2.45, 2.75) is 33.1 Å². The molecule has 0 heterocycles. The zero-order chi connectivity index (χ0) is 7.78. The maximum atomic E-state index is 11.3. The van der Waals surface area contributed by atoms with E-state index in [1.54, 1.807) is 0 Å². The molecule has 1 aliphatic rings. The van der Waals surface area contributed by atoms with Crippen LogP contribution in [0.4, 0.5) is 0 Å². The van der Waals surface area contributed by atoms with Gasteiger partial charge in [0.15, 0.2) is 0 Å². The Morgan fingerprint density at radius 2 is 2.10 bits per heavy atom. The van der Waals surface area contributed by atoms with Gasteiger partial charge < -0.3 is 0 Å². The molecule has 0 aromatic heterocycles. The summed E-state index contributed by atoms with van der Waals surface area (Å²) in [5.41, 5.74) is 1.02. The molecular weight excluding hydrogens is 124 g/mol. The summed E-state index contributed by atoms with van der Waals surface area (Å²) in [6.45, 7) is 7.84. The molecule has 1 saturated carbocycles. The van der Waals surface area contributed by atoms with Crippen molar-refractivity contribution in [3.63, 3.8) is 0 Å². The minimum absolute atomic E-state index is 0.0822. The van der Waals surface area contributed by atoms with E-state index in [2.05, 4.69) is 6.58 Å². The van der Waals surface area contributed by atoms with E-state index >= 15 is 0 Å². The van der Waals surface area contributed by atoms with E-state index in [0.717, 1.165) is 18.4 Å². The summed E-state index contributed by atoms with van der Waals surface area (Å²) >= 11 is 0. The molecule has 0 radical (unpaired) electrons. The van der Waals surface area contributed by atoms with E-state index in [0.29, 0.717) is 12.2 Å². The van der Waals surface area contributed by atoms with Crippen LogP contribution in [0.15, 0.2) is 12.2 Å². The van der Waals surface area contributed by atoms with E-state index in [9.17, 15) is 4.79 Å². The first-order valence-electron chi connectivity index (χ1n) is 3.72. The molecule has 1 aliphatic carbocycles. The maximum Gasteiger partial charge on any atom is 0.142 e. The number of hydrogen-bond acceptors (Lipinski definition) is 1. The van der Waals surface area contributed by atoms with Crippen LogP contribution in [-0.4, -0.2) is 5.78 Å². The molecule has 56 valence electrons. The molecule has 0 spiro atoms. The third kappa shape index (κ3) is 1.28. The van der Waals surface area contributed by atoms with Crippen LogP contribution < -0.4 is 0 Å². The summed E-state index contributed by atoms with van der Waals surface area (Å²) in [4.78, 5) is 11.3. The van der Waals surface area contributed by atoms with Crippen LogP contribution >= 0.6 is 0 Å². The van der Waals surface area contributed by atoms with Gasteiger partial charge in [0.05, 0.1) is 0 Å². The molecule has 0 atom stereocenters. The Morgan fingerprint density at radius 3 is 2.50 bits per heavy atom. The first kappa shape index (κ1) is 7.52. The first-order valence-corrected chi connectivity index (χ1v) is 3.72. The minimum atomic E-state index is -0.0822. The van der Waals surface area contributed by atoms with E-state index in [1.165, 1.54) is 0 Å². The van der Waals surface area contributed by atoms with Crippen LogP contribution in [0.3, 0.4) is 0 Å². The number of rotatable bonds is 0. The minimum Gasteiger partial charge on any atom is -0.299 e. The van der Waals surface area contributed by atoms with E-state index in [1.807, 2.05) is 13.8 Å². The van der Waals surface area contributed by atoms with Crippen LogP contribution in [0.5, 0.6) is 0 Å². The smallest absolute Gasteiger partial charge is 0.142 e. The lowest BCUT2D eigenvalue weighted by molar-refractivity contribution is -0.127. The largest absolute Gasteiger partial charge is 0.299 e. The summed E-state index contributed by atoms with van der Waals surface area (Å²) in [6.07, 6.45) is 2.61. The van der Waals surface area contributed by atoms with Crippen molar-refractivity contribution in [1.82, 2.24) is 0 Å². The number of allylic oxidation sites excluding steroid dienone is 1. The van der Waals surface area contributed by atoms with E-state index in [-0.39, 0.29) is 5.41 Å². The number of Topliss-reactive ketones (excluding diaryl/α,β-unsaturated/α-hetero) is 1. The number of ketones is 1. The third-order valence-electron chi connectivity index (χ3n) is 2.27. The lowest BCUT2D eigenvalue weighted by Crippen LogP contribution is -2.28. The fourth-order valence-corrected chi connectivity index (χ4v) is 1.18. The summed E-state index contributed by atoms with van der Waals surface area (Å²) in [7, 11) is 0. The second-order valence-electron chi connectivity index (χ2n) is 3.73. The molecule has 1 heteroatoms. The van der Waals surface area contributed by atoms with Gasteiger partial charge in [-0.25, -0.2) is 0 Å². The Morgan fingerprint density at radius 1 is 1.50 bits per heavy atom. The van der Waals surface area contributed by atoms with E-state index < -0.39 is 0 Å². The van der Waals surface area contributed by atoms with Gasteiger partial charge in [0.25, 0.3) is 0 Å². The predicted molar refractivity (Wildman–Crippen MR) is 41.8 cm³/mol. The Bertz CT molecular complexity index is 177. The Hall–Kier alpha value is -0.590. The predicted octanol–water partition coefficient (Wildman–Crippen LogP) is 2.32. The molecule has 0 unspecified atom stereocenters. The zero-order valence-corrected chi connectivity index (χ0v) is 6.74. The Labute approximate surface area is 62.1 Å². The van der Waals surface area contributed by atoms with Crippen molar-refractivity contribution >= 4 is 5.78 Å². The molecular formula is C9H14O. The molecule has 0 aliphatic heterocycles. The first-order chi connectivity index (χ1) is 4.52. The van der Waals surface area contributed by atoms with Gasteiger partial charge in [-0.2, -0.15) is 0 Å². The van der Waals surface area contributed by atoms with Crippen LogP contribution in [0.25, 0.3) is 0 Å². The molecule has 1 nitrogen and oxygen atoms in total. The zero-order valence-electron chi connectivity index (χ0n) is 6.74. The highest BCUT2D eigenvalue weighted by atomic mass is 16.1. The number of carbonyl (C=O) groups is 1. The van der Waals surface area contributed by atoms with Crippen molar-refractivity contribution in [2.75, 3.05) is 0 Å². The standard InChI is InChI=1S/C9H14O/c1-7-4-5-9(2,3)8(10)6-7/h1,4-6H2,2-3H3. The number of carbonyl (C=O) groups excluding carboxylic acids is 1. The molecule has 10 heavy (non-hydrogen) atoms. The Balaban J connectivity index is 2.70. The lowest BCUT2D eigenvalue weighted by atomic mass is 9.75. The van der Waals surface area contributed by atoms with Gasteiger partial charge in [0.2, 0.25) is 0 Å². The lowest BCUT2D eigenvalue weighted by Gasteiger charge is -2.28. The average Bonchev–Trinajstić information content (AvgIpc) is 1.81. The van der Waals surface area contributed by atoms with Gasteiger partial charge in [-0.05, 0) is 12.8 Å². The van der Waals surface area contributed by atoms with Crippen LogP contribution in [-0.2, 0) is 4.79 Å². The normalized spacial score (nSPS) is 25.0. The van der Waals surface area contributed by atoms with Crippen molar-refractivity contribution < 1.29 is 4.79 Å². The molecule has 0 saturated heterocycles. The quantitative estimate of drug-likeness (QED) is 0.469. The topological polar surface area (TPSA) is 17.1 Å². The highest BCUT2D eigenvalue weighted by Crippen LogP contribution is 2.33. The fraction of sp³-hybridized carbons (Fsp3) is 0.667. The third-order valence-corrected chi connectivity index (χ3v) is 2.27. The molecule has 0 amide bonds. The van der Waals surface area contributed by atoms with Gasteiger partial charge in [0, 0.05) is 11.8 Å². The SMILES string of the molecule is C=C1CCC(C)(C)C(=O)C1. The molecule has 1 fully saturated rings. The second-order valence-corrected chi connectivity index (χ2v) is 3.73. The van der Waals surface area contributed by atoms with Crippen molar-refractivity contribution in [3.8, 4) is 0 Å². The second kappa shape index (κ2) is 2.22. The van der Waals surface area contributed by atoms with Crippen LogP contribution in [0.2, 0.25) is 0 Å². The molecule has 0 aromatic rings. The van der Waals surface area contributed by atoms with Crippen molar-refractivity contribution in [3.05, 3.63) is 12.2 Å². The maximum absolute atomic E-state index is 11.3. The van der Waals surface area contributed by atoms with Crippen LogP contribution in [0, 0.1) is 5.41 Å². The molecule has 0 bridgehead atoms. The molecule has 0 N–H and O–H groups in total. The van der Waals surface area contributed by atoms with Crippen LogP contribution in [0.1, 0.15) is 33.1 Å². The summed E-state index contributed by atoms with van der Waals surface area (Å²) in [6, 6.07) is 0. The molecule has 0 aromatic carbocycles. The highest BCUT2D eigenvalue weighted by Gasteiger charge is 2.30. The van der Waals surface area contributed by atoms with Gasteiger partial charge in [0.1, 0.15) is 5.78 Å². The molecule has 1 rings (SSSR count). The summed E-state index contributed by atoms with van der Waals surface area (Å²) in [5, 5.41) is 0. The van der Waals surface area contributed by atoms with Gasteiger partial charge >= 0.3 is 0 Å². The summed E-state index contributed by atoms with van der Waals surface area (Å²) < 4.78 is 0. The van der Waals surface area contributed by atoms with Crippen molar-refractivity contribution in [1.29, 1.82) is 0 Å². The summed E-state index contributed by atoms with van der Waals surface area (Å²) in [5.74, 6) is 0.351. The number of hydrogen-bond donors (Lipinski definition) is 0. The fourth-order valence-electron chi connectivity index (χ4n) is 1.18. The van der Waals surface area contributed by atoms with Crippen molar-refractivity contribution in [2.24, 2.45) is 5.41 Å². The van der Waals surface area contributed by atoms with Gasteiger partial charge in [-0.1, -0.05) is 26.0 Å². The van der Waals surface area contributed by atoms with Gasteiger partial charge in [-0.15, -0.1) is 0 Å². The Kier molecular flexibility index (Phi) is 1.67. The highest BCUT2D eigenvalue weighted by molar-refractivity contribution is 5.87. The average molecular weight is 138 g/mol. The van der Waals surface area contributed by atoms with E-state index in [4.69, 9.17) is 0 Å².